The molecule has 0 unspecified atom stereocenters. The van der Waals surface area contributed by atoms with Crippen LogP contribution < -0.4 is 5.73 Å². The summed E-state index contributed by atoms with van der Waals surface area (Å²) in [6, 6.07) is 7.02. The van der Waals surface area contributed by atoms with E-state index in [1.165, 1.54) is 0 Å². The molecule has 0 aliphatic carbocycles. The van der Waals surface area contributed by atoms with Crippen molar-refractivity contribution in [3.63, 3.8) is 0 Å². The lowest BCUT2D eigenvalue weighted by molar-refractivity contribution is 0.0697. The molecule has 0 bridgehead atoms. The number of benzene rings is 1. The van der Waals surface area contributed by atoms with Gasteiger partial charge in [0.05, 0.1) is 5.56 Å². The Labute approximate surface area is 108 Å². The quantitative estimate of drug-likeness (QED) is 0.853. The third-order valence-corrected chi connectivity index (χ3v) is 2.49. The van der Waals surface area contributed by atoms with Crippen molar-refractivity contribution in [2.75, 3.05) is 0 Å². The van der Waals surface area contributed by atoms with E-state index in [0.717, 1.165) is 24.8 Å². The molecule has 0 aliphatic heterocycles. The molecule has 0 heterocycles. The number of aromatic carboxylic acids is 1. The monoisotopic (exact) mass is 257 g/mol. The Morgan fingerprint density at radius 2 is 1.82 bits per heavy atom. The molecule has 3 nitrogen and oxygen atoms in total. The maximum absolute atomic E-state index is 10.6. The Balaban J connectivity index is 0.00000256. The number of carboxylic acids is 1. The zero-order valence-corrected chi connectivity index (χ0v) is 11.1. The lowest BCUT2D eigenvalue weighted by atomic mass is 9.96. The van der Waals surface area contributed by atoms with Crippen molar-refractivity contribution in [3.8, 4) is 0 Å². The number of hydrogen-bond donors (Lipinski definition) is 2. The fourth-order valence-corrected chi connectivity index (χ4v) is 1.56. The summed E-state index contributed by atoms with van der Waals surface area (Å²) in [4.78, 5) is 10.6. The van der Waals surface area contributed by atoms with Gasteiger partial charge >= 0.3 is 5.97 Å². The highest BCUT2D eigenvalue weighted by Crippen LogP contribution is 2.12. The Kier molecular flexibility index (Phi) is 6.21. The van der Waals surface area contributed by atoms with E-state index >= 15 is 0 Å². The van der Waals surface area contributed by atoms with Gasteiger partial charge in [0.25, 0.3) is 0 Å². The molecular formula is C13H20ClNO2. The number of carboxylic acid groups (broad SMARTS) is 1. The molecule has 0 fully saturated rings. The van der Waals surface area contributed by atoms with E-state index < -0.39 is 5.97 Å². The van der Waals surface area contributed by atoms with Gasteiger partial charge in [-0.1, -0.05) is 12.1 Å². The van der Waals surface area contributed by atoms with E-state index in [4.69, 9.17) is 10.8 Å². The number of aryl methyl sites for hydroxylation is 1. The second-order valence-corrected chi connectivity index (χ2v) is 4.84. The van der Waals surface area contributed by atoms with E-state index in [9.17, 15) is 4.79 Å². The van der Waals surface area contributed by atoms with Gasteiger partial charge in [0, 0.05) is 5.54 Å². The van der Waals surface area contributed by atoms with Crippen LogP contribution in [0.25, 0.3) is 0 Å². The largest absolute Gasteiger partial charge is 0.478 e. The molecular weight excluding hydrogens is 238 g/mol. The first-order valence-electron chi connectivity index (χ1n) is 5.49. The van der Waals surface area contributed by atoms with Crippen molar-refractivity contribution in [2.24, 2.45) is 5.73 Å². The van der Waals surface area contributed by atoms with Gasteiger partial charge in [0.2, 0.25) is 0 Å². The van der Waals surface area contributed by atoms with Crippen molar-refractivity contribution in [2.45, 2.75) is 38.6 Å². The lowest BCUT2D eigenvalue weighted by Crippen LogP contribution is -2.31. The molecule has 0 saturated carbocycles. The van der Waals surface area contributed by atoms with E-state index in [1.54, 1.807) is 12.1 Å². The summed E-state index contributed by atoms with van der Waals surface area (Å²) < 4.78 is 0. The number of rotatable bonds is 5. The van der Waals surface area contributed by atoms with Crippen LogP contribution in [0, 0.1) is 0 Å². The minimum absolute atomic E-state index is 0. The first kappa shape index (κ1) is 15.9. The molecule has 17 heavy (non-hydrogen) atoms. The van der Waals surface area contributed by atoms with Gasteiger partial charge in [-0.15, -0.1) is 12.4 Å². The van der Waals surface area contributed by atoms with Gasteiger partial charge in [0.1, 0.15) is 0 Å². The van der Waals surface area contributed by atoms with Gasteiger partial charge in [-0.25, -0.2) is 4.79 Å². The van der Waals surface area contributed by atoms with E-state index in [-0.39, 0.29) is 17.9 Å². The summed E-state index contributed by atoms with van der Waals surface area (Å²) in [5, 5.41) is 8.74. The van der Waals surface area contributed by atoms with Crippen LogP contribution in [0.1, 0.15) is 42.6 Å². The molecule has 0 aromatic heterocycles. The van der Waals surface area contributed by atoms with Gasteiger partial charge in [-0.3, -0.25) is 0 Å². The molecule has 3 N–H and O–H groups in total. The molecule has 0 spiro atoms. The smallest absolute Gasteiger partial charge is 0.335 e. The molecule has 4 heteroatoms. The Hall–Kier alpha value is -1.06. The fraction of sp³-hybridized carbons (Fsp3) is 0.462. The van der Waals surface area contributed by atoms with Gasteiger partial charge in [0.15, 0.2) is 0 Å². The zero-order valence-electron chi connectivity index (χ0n) is 10.3. The Morgan fingerprint density at radius 3 is 2.24 bits per heavy atom. The van der Waals surface area contributed by atoms with Crippen molar-refractivity contribution < 1.29 is 9.90 Å². The highest BCUT2D eigenvalue weighted by molar-refractivity contribution is 5.87. The predicted octanol–water partition coefficient (Wildman–Crippen LogP) is 2.87. The normalized spacial score (nSPS) is 10.8. The van der Waals surface area contributed by atoms with Crippen LogP contribution in [0.2, 0.25) is 0 Å². The molecule has 1 rings (SSSR count). The van der Waals surface area contributed by atoms with Gasteiger partial charge < -0.3 is 10.8 Å². The minimum atomic E-state index is -0.880. The van der Waals surface area contributed by atoms with Crippen LogP contribution in [0.15, 0.2) is 24.3 Å². The number of nitrogens with two attached hydrogens (primary N) is 1. The topological polar surface area (TPSA) is 63.3 Å². The third kappa shape index (κ3) is 6.29. The third-order valence-electron chi connectivity index (χ3n) is 2.49. The minimum Gasteiger partial charge on any atom is -0.478 e. The lowest BCUT2D eigenvalue weighted by Gasteiger charge is -2.17. The molecule has 0 radical (unpaired) electrons. The maximum atomic E-state index is 10.6. The first-order valence-corrected chi connectivity index (χ1v) is 5.49. The van der Waals surface area contributed by atoms with Gasteiger partial charge in [-0.2, -0.15) is 0 Å². The summed E-state index contributed by atoms with van der Waals surface area (Å²) >= 11 is 0. The maximum Gasteiger partial charge on any atom is 0.335 e. The second-order valence-electron chi connectivity index (χ2n) is 4.84. The average molecular weight is 258 g/mol. The van der Waals surface area contributed by atoms with E-state index in [0.29, 0.717) is 5.56 Å². The summed E-state index contributed by atoms with van der Waals surface area (Å²) in [7, 11) is 0. The first-order chi connectivity index (χ1) is 7.38. The molecule has 0 aliphatic rings. The predicted molar refractivity (Wildman–Crippen MR) is 71.9 cm³/mol. The van der Waals surface area contributed by atoms with E-state index in [2.05, 4.69) is 0 Å². The van der Waals surface area contributed by atoms with Crippen LogP contribution in [-0.4, -0.2) is 16.6 Å². The van der Waals surface area contributed by atoms with Gasteiger partial charge in [-0.05, 0) is 50.8 Å². The molecule has 0 amide bonds. The SMILES string of the molecule is CC(C)(N)CCCc1ccc(C(=O)O)cc1.Cl. The summed E-state index contributed by atoms with van der Waals surface area (Å²) in [6.45, 7) is 4.03. The van der Waals surface area contributed by atoms with Crippen LogP contribution in [0.3, 0.4) is 0 Å². The summed E-state index contributed by atoms with van der Waals surface area (Å²) in [5.74, 6) is -0.880. The molecule has 0 saturated heterocycles. The van der Waals surface area contributed by atoms with Crippen molar-refractivity contribution in [1.82, 2.24) is 0 Å². The number of hydrogen-bond acceptors (Lipinski definition) is 2. The Morgan fingerprint density at radius 1 is 1.29 bits per heavy atom. The fourth-order valence-electron chi connectivity index (χ4n) is 1.56. The van der Waals surface area contributed by atoms with Crippen molar-refractivity contribution in [1.29, 1.82) is 0 Å². The van der Waals surface area contributed by atoms with Crippen molar-refractivity contribution >= 4 is 18.4 Å². The van der Waals surface area contributed by atoms with Crippen LogP contribution in [0.4, 0.5) is 0 Å². The average Bonchev–Trinajstić information content (AvgIpc) is 2.16. The van der Waals surface area contributed by atoms with Crippen LogP contribution in [-0.2, 0) is 6.42 Å². The van der Waals surface area contributed by atoms with Crippen molar-refractivity contribution in [3.05, 3.63) is 35.4 Å². The molecule has 96 valence electrons. The summed E-state index contributed by atoms with van der Waals surface area (Å²) in [5.41, 5.74) is 7.26. The zero-order chi connectivity index (χ0) is 12.2. The van der Waals surface area contributed by atoms with Crippen LogP contribution in [0.5, 0.6) is 0 Å². The summed E-state index contributed by atoms with van der Waals surface area (Å²) in [6.07, 6.45) is 2.93. The highest BCUT2D eigenvalue weighted by atomic mass is 35.5. The van der Waals surface area contributed by atoms with E-state index in [1.807, 2.05) is 26.0 Å². The molecule has 0 atom stereocenters. The Bertz CT molecular complexity index is 355. The van der Waals surface area contributed by atoms with Crippen LogP contribution >= 0.6 is 12.4 Å². The number of halogens is 1. The molecule has 1 aromatic rings. The number of carbonyl (C=O) groups is 1. The second kappa shape index (κ2) is 6.62. The molecule has 1 aromatic carbocycles. The highest BCUT2D eigenvalue weighted by Gasteiger charge is 2.09. The standard InChI is InChI=1S/C13H19NO2.ClH/c1-13(2,14)9-3-4-10-5-7-11(8-6-10)12(15)16;/h5-8H,3-4,9,14H2,1-2H3,(H,15,16);1H.